The molecule has 0 atom stereocenters. The Morgan fingerprint density at radius 2 is 0.939 bits per heavy atom. The molecule has 0 amide bonds. The van der Waals surface area contributed by atoms with E-state index in [0.717, 1.165) is 18.9 Å². The summed E-state index contributed by atoms with van der Waals surface area (Å²) in [5.41, 5.74) is 0. The fraction of sp³-hybridized carbons (Fsp3) is 1.00. The first kappa shape index (κ1) is 35.3. The first-order chi connectivity index (χ1) is 15.5. The molecule has 4 nitrogen and oxygen atoms in total. The zero-order valence-electron chi connectivity index (χ0n) is 23.6. The number of hydrogen-bond acceptors (Lipinski definition) is 3. The largest absolute Gasteiger partial charge is 1.00 e. The van der Waals surface area contributed by atoms with Gasteiger partial charge in [0.25, 0.3) is 5.97 Å². The molecule has 5 heteroatoms. The van der Waals surface area contributed by atoms with Crippen LogP contribution in [-0.2, 0) is 14.2 Å². The second-order valence-electron chi connectivity index (χ2n) is 9.85. The van der Waals surface area contributed by atoms with Crippen LogP contribution in [0.1, 0.15) is 130 Å². The van der Waals surface area contributed by atoms with Crippen LogP contribution in [0.5, 0.6) is 0 Å². The fourth-order valence-corrected chi connectivity index (χ4v) is 5.40. The summed E-state index contributed by atoms with van der Waals surface area (Å²) in [6, 6.07) is 0.880. The zero-order chi connectivity index (χ0) is 24.1. The molecule has 0 aliphatic carbocycles. The molecule has 0 saturated heterocycles. The quantitative estimate of drug-likeness (QED) is 0.106. The minimum Gasteiger partial charge on any atom is -1.00 e. The van der Waals surface area contributed by atoms with Gasteiger partial charge in [0.05, 0.1) is 25.7 Å². The van der Waals surface area contributed by atoms with Gasteiger partial charge in [0.2, 0.25) is 0 Å². The first-order valence-electron chi connectivity index (χ1n) is 14.0. The second kappa shape index (κ2) is 22.6. The SMILES string of the molecule is CCCC[N+](CCCC)(CCCCCCCCCC(OC)(OC)OC)C(CCC)CCC.[Cl-]. The highest BCUT2D eigenvalue weighted by Crippen LogP contribution is 2.27. The molecule has 202 valence electrons. The summed E-state index contributed by atoms with van der Waals surface area (Å²) < 4.78 is 17.6. The van der Waals surface area contributed by atoms with E-state index in [1.807, 2.05) is 0 Å². The molecule has 0 aliphatic rings. The van der Waals surface area contributed by atoms with Crippen molar-refractivity contribution in [2.45, 2.75) is 142 Å². The number of unbranched alkanes of at least 4 members (excludes halogenated alkanes) is 8. The molecule has 33 heavy (non-hydrogen) atoms. The van der Waals surface area contributed by atoms with Gasteiger partial charge in [-0.1, -0.05) is 79.1 Å². The summed E-state index contributed by atoms with van der Waals surface area (Å²) in [6.45, 7) is 13.7. The minimum absolute atomic E-state index is 0. The Balaban J connectivity index is 0. The van der Waals surface area contributed by atoms with Crippen LogP contribution in [0.25, 0.3) is 0 Å². The summed E-state index contributed by atoms with van der Waals surface area (Å²) in [5.74, 6) is -0.855. The van der Waals surface area contributed by atoms with Crippen LogP contribution in [0.3, 0.4) is 0 Å². The van der Waals surface area contributed by atoms with Crippen molar-refractivity contribution in [3.8, 4) is 0 Å². The highest BCUT2D eigenvalue weighted by atomic mass is 35.5. The van der Waals surface area contributed by atoms with Gasteiger partial charge < -0.3 is 31.1 Å². The maximum Gasteiger partial charge on any atom is 0.282 e. The summed E-state index contributed by atoms with van der Waals surface area (Å²) in [6.07, 6.45) is 20.8. The van der Waals surface area contributed by atoms with Crippen LogP contribution in [0.2, 0.25) is 0 Å². The van der Waals surface area contributed by atoms with Crippen LogP contribution in [0.15, 0.2) is 0 Å². The standard InChI is InChI=1S/C28H60NO3.ClH/c1-8-12-24-29(25-13-9-2,27(21-10-3)22-11-4)26-20-18-16-14-15-17-19-23-28(30-5,31-6)32-7;/h27H,8-26H2,1-7H3;1H/q+1;/p-1. The maximum atomic E-state index is 5.39. The Hall–Kier alpha value is 0.130. The number of ether oxygens (including phenoxy) is 3. The number of rotatable bonds is 24. The van der Waals surface area contributed by atoms with Gasteiger partial charge in [0.1, 0.15) is 0 Å². The summed E-state index contributed by atoms with van der Waals surface area (Å²) in [5, 5.41) is 0. The number of quaternary nitrogens is 1. The van der Waals surface area contributed by atoms with E-state index in [4.69, 9.17) is 14.2 Å². The van der Waals surface area contributed by atoms with Gasteiger partial charge in [-0.25, -0.2) is 0 Å². The number of nitrogens with zero attached hydrogens (tertiary/aromatic N) is 1. The molecule has 0 spiro atoms. The first-order valence-corrected chi connectivity index (χ1v) is 14.0. The van der Waals surface area contributed by atoms with E-state index >= 15 is 0 Å². The van der Waals surface area contributed by atoms with Crippen molar-refractivity contribution in [3.05, 3.63) is 0 Å². The van der Waals surface area contributed by atoms with Gasteiger partial charge in [0.15, 0.2) is 0 Å². The van der Waals surface area contributed by atoms with Crippen LogP contribution in [-0.4, -0.2) is 57.5 Å². The molecule has 0 saturated carbocycles. The maximum absolute atomic E-state index is 5.39. The lowest BCUT2D eigenvalue weighted by molar-refractivity contribution is -0.952. The third-order valence-electron chi connectivity index (χ3n) is 7.45. The predicted octanol–water partition coefficient (Wildman–Crippen LogP) is 5.09. The molecule has 0 N–H and O–H groups in total. The topological polar surface area (TPSA) is 27.7 Å². The van der Waals surface area contributed by atoms with Crippen molar-refractivity contribution >= 4 is 0 Å². The summed E-state index contributed by atoms with van der Waals surface area (Å²) in [4.78, 5) is 0. The van der Waals surface area contributed by atoms with Crippen molar-refractivity contribution in [3.63, 3.8) is 0 Å². The van der Waals surface area contributed by atoms with E-state index in [9.17, 15) is 0 Å². The minimum atomic E-state index is -0.855. The molecule has 0 aromatic heterocycles. The Morgan fingerprint density at radius 1 is 0.545 bits per heavy atom. The van der Waals surface area contributed by atoms with Crippen molar-refractivity contribution in [2.24, 2.45) is 0 Å². The zero-order valence-corrected chi connectivity index (χ0v) is 24.3. The predicted molar refractivity (Wildman–Crippen MR) is 139 cm³/mol. The second-order valence-corrected chi connectivity index (χ2v) is 9.85. The van der Waals surface area contributed by atoms with Gasteiger partial charge in [-0.15, -0.1) is 0 Å². The highest BCUT2D eigenvalue weighted by molar-refractivity contribution is 4.63. The van der Waals surface area contributed by atoms with Crippen LogP contribution < -0.4 is 12.4 Å². The molecular formula is C28H60ClNO3. The van der Waals surface area contributed by atoms with E-state index < -0.39 is 5.97 Å². The highest BCUT2D eigenvalue weighted by Gasteiger charge is 2.34. The molecule has 0 aromatic rings. The molecule has 0 rings (SSSR count). The van der Waals surface area contributed by atoms with Crippen molar-refractivity contribution in [2.75, 3.05) is 41.0 Å². The van der Waals surface area contributed by atoms with Crippen LogP contribution in [0, 0.1) is 0 Å². The Bertz CT molecular complexity index is 382. The summed E-state index contributed by atoms with van der Waals surface area (Å²) in [7, 11) is 4.95. The summed E-state index contributed by atoms with van der Waals surface area (Å²) >= 11 is 0. The molecular weight excluding hydrogens is 434 g/mol. The average Bonchev–Trinajstić information content (AvgIpc) is 2.82. The van der Waals surface area contributed by atoms with E-state index in [2.05, 4.69) is 27.7 Å². The molecule has 0 aromatic carbocycles. The number of hydrogen-bond donors (Lipinski definition) is 0. The molecule has 0 radical (unpaired) electrons. The van der Waals surface area contributed by atoms with Crippen molar-refractivity contribution in [1.29, 1.82) is 0 Å². The van der Waals surface area contributed by atoms with E-state index in [1.54, 1.807) is 21.3 Å². The van der Waals surface area contributed by atoms with Crippen LogP contribution in [0.4, 0.5) is 0 Å². The Kier molecular flexibility index (Phi) is 24.2. The third-order valence-corrected chi connectivity index (χ3v) is 7.45. The molecule has 0 unspecified atom stereocenters. The molecule has 0 aliphatic heterocycles. The number of methoxy groups -OCH3 is 3. The van der Waals surface area contributed by atoms with Gasteiger partial charge in [-0.3, -0.25) is 0 Å². The monoisotopic (exact) mass is 493 g/mol. The molecule has 0 bridgehead atoms. The average molecular weight is 494 g/mol. The lowest BCUT2D eigenvalue weighted by atomic mass is 9.98. The van der Waals surface area contributed by atoms with E-state index in [1.165, 1.54) is 114 Å². The molecule has 0 heterocycles. The van der Waals surface area contributed by atoms with Crippen molar-refractivity contribution < 1.29 is 31.1 Å². The van der Waals surface area contributed by atoms with E-state index in [-0.39, 0.29) is 12.4 Å². The normalized spacial score (nSPS) is 12.4. The fourth-order valence-electron chi connectivity index (χ4n) is 5.40. The smallest absolute Gasteiger partial charge is 0.282 e. The lowest BCUT2D eigenvalue weighted by Crippen LogP contribution is -3.00. The Morgan fingerprint density at radius 3 is 1.33 bits per heavy atom. The third kappa shape index (κ3) is 14.3. The Labute approximate surface area is 214 Å². The van der Waals surface area contributed by atoms with E-state index in [0.29, 0.717) is 0 Å². The van der Waals surface area contributed by atoms with Gasteiger partial charge in [0, 0.05) is 27.8 Å². The van der Waals surface area contributed by atoms with Gasteiger partial charge in [-0.05, 0) is 44.9 Å². The van der Waals surface area contributed by atoms with Gasteiger partial charge in [-0.2, -0.15) is 0 Å². The molecule has 0 fully saturated rings. The van der Waals surface area contributed by atoms with Gasteiger partial charge >= 0.3 is 0 Å². The number of halogens is 1. The van der Waals surface area contributed by atoms with Crippen LogP contribution >= 0.6 is 0 Å². The van der Waals surface area contributed by atoms with Crippen molar-refractivity contribution in [1.82, 2.24) is 0 Å². The lowest BCUT2D eigenvalue weighted by Gasteiger charge is -2.46.